The monoisotopic (exact) mass is 263 g/mol. The highest BCUT2D eigenvalue weighted by Gasteiger charge is 2.10. The van der Waals surface area contributed by atoms with E-state index in [0.717, 1.165) is 17.8 Å². The van der Waals surface area contributed by atoms with E-state index in [4.69, 9.17) is 0 Å². The maximum Gasteiger partial charge on any atom is 0.251 e. The minimum absolute atomic E-state index is 0.0140. The Bertz CT molecular complexity index is 429. The topological polar surface area (TPSA) is 44.4 Å². The van der Waals surface area contributed by atoms with Gasteiger partial charge in [-0.15, -0.1) is 0 Å². The van der Waals surface area contributed by atoms with Gasteiger partial charge in [0.2, 0.25) is 0 Å². The van der Waals surface area contributed by atoms with Crippen LogP contribution in [0.1, 0.15) is 29.8 Å². The first-order valence-corrected chi connectivity index (χ1v) is 6.74. The van der Waals surface area contributed by atoms with Gasteiger partial charge in [0.15, 0.2) is 0 Å². The number of likely N-dealkylation sites (N-methyl/N-ethyl adjacent to an activating group) is 1. The van der Waals surface area contributed by atoms with Gasteiger partial charge in [-0.25, -0.2) is 0 Å². The molecule has 0 heterocycles. The molecule has 0 bridgehead atoms. The van der Waals surface area contributed by atoms with Crippen LogP contribution < -0.4 is 10.6 Å². The van der Waals surface area contributed by atoms with Crippen molar-refractivity contribution in [3.63, 3.8) is 0 Å². The van der Waals surface area contributed by atoms with Crippen molar-refractivity contribution in [1.29, 1.82) is 0 Å². The van der Waals surface area contributed by atoms with E-state index in [9.17, 15) is 4.79 Å². The Morgan fingerprint density at radius 3 is 2.58 bits per heavy atom. The molecule has 0 saturated heterocycles. The summed E-state index contributed by atoms with van der Waals surface area (Å²) in [4.78, 5) is 14.1. The minimum Gasteiger partial charge on any atom is -0.385 e. The number of nitrogens with one attached hydrogen (secondary N) is 2. The average Bonchev–Trinajstić information content (AvgIpc) is 2.37. The predicted octanol–water partition coefficient (Wildman–Crippen LogP) is 2.11. The van der Waals surface area contributed by atoms with E-state index < -0.39 is 0 Å². The smallest absolute Gasteiger partial charge is 0.251 e. The molecule has 1 unspecified atom stereocenters. The zero-order valence-corrected chi connectivity index (χ0v) is 12.6. The van der Waals surface area contributed by atoms with Crippen molar-refractivity contribution in [2.45, 2.75) is 26.8 Å². The quantitative estimate of drug-likeness (QED) is 0.826. The molecule has 1 aromatic carbocycles. The second-order valence-electron chi connectivity index (χ2n) is 5.08. The fourth-order valence-corrected chi connectivity index (χ4v) is 1.72. The van der Waals surface area contributed by atoms with Crippen LogP contribution in [0.2, 0.25) is 0 Å². The van der Waals surface area contributed by atoms with Crippen LogP contribution in [0.15, 0.2) is 18.2 Å². The van der Waals surface area contributed by atoms with Crippen LogP contribution in [0.5, 0.6) is 0 Å². The van der Waals surface area contributed by atoms with Gasteiger partial charge in [0.25, 0.3) is 5.91 Å². The van der Waals surface area contributed by atoms with Crippen LogP contribution in [0.25, 0.3) is 0 Å². The molecular formula is C15H25N3O. The number of hydrogen-bond donors (Lipinski definition) is 2. The lowest BCUT2D eigenvalue weighted by atomic mass is 10.1. The molecule has 0 aliphatic rings. The van der Waals surface area contributed by atoms with E-state index in [1.807, 2.05) is 39.2 Å². The van der Waals surface area contributed by atoms with Gasteiger partial charge in [0, 0.05) is 30.4 Å². The Morgan fingerprint density at radius 2 is 2.05 bits per heavy atom. The lowest BCUT2D eigenvalue weighted by molar-refractivity contribution is 0.0943. The zero-order chi connectivity index (χ0) is 14.4. The van der Waals surface area contributed by atoms with Crippen LogP contribution >= 0.6 is 0 Å². The summed E-state index contributed by atoms with van der Waals surface area (Å²) in [7, 11) is 4.01. The summed E-state index contributed by atoms with van der Waals surface area (Å²) < 4.78 is 0. The van der Waals surface area contributed by atoms with Crippen LogP contribution in [0.3, 0.4) is 0 Å². The standard InChI is InChI=1S/C15H25N3O/c1-6-16-14-8-7-13(9-11(14)2)15(19)17-10-12(3)18(4)5/h7-9,12,16H,6,10H2,1-5H3,(H,17,19). The molecule has 0 radical (unpaired) electrons. The van der Waals surface area contributed by atoms with Crippen LogP contribution in [0, 0.1) is 6.92 Å². The molecule has 0 saturated carbocycles. The Morgan fingerprint density at radius 1 is 1.37 bits per heavy atom. The van der Waals surface area contributed by atoms with Gasteiger partial charge in [-0.3, -0.25) is 4.79 Å². The summed E-state index contributed by atoms with van der Waals surface area (Å²) in [5.74, 6) is -0.0140. The van der Waals surface area contributed by atoms with Gasteiger partial charge >= 0.3 is 0 Å². The molecule has 0 spiro atoms. The number of anilines is 1. The minimum atomic E-state index is -0.0140. The highest BCUT2D eigenvalue weighted by atomic mass is 16.1. The molecule has 0 aliphatic carbocycles. The molecule has 19 heavy (non-hydrogen) atoms. The Labute approximate surface area is 116 Å². The maximum absolute atomic E-state index is 12.0. The molecule has 106 valence electrons. The summed E-state index contributed by atoms with van der Waals surface area (Å²) in [6.07, 6.45) is 0. The third-order valence-electron chi connectivity index (χ3n) is 3.30. The summed E-state index contributed by atoms with van der Waals surface area (Å²) >= 11 is 0. The summed E-state index contributed by atoms with van der Waals surface area (Å²) in [5.41, 5.74) is 2.89. The molecule has 1 aromatic rings. The van der Waals surface area contributed by atoms with E-state index in [0.29, 0.717) is 18.2 Å². The number of carbonyl (C=O) groups is 1. The van der Waals surface area contributed by atoms with Crippen LogP contribution in [-0.4, -0.2) is 44.0 Å². The first-order valence-electron chi connectivity index (χ1n) is 6.74. The molecule has 4 nitrogen and oxygen atoms in total. The van der Waals surface area contributed by atoms with Crippen molar-refractivity contribution in [3.05, 3.63) is 29.3 Å². The van der Waals surface area contributed by atoms with Crippen molar-refractivity contribution in [2.75, 3.05) is 32.5 Å². The van der Waals surface area contributed by atoms with Crippen molar-refractivity contribution >= 4 is 11.6 Å². The molecule has 1 rings (SSSR count). The van der Waals surface area contributed by atoms with E-state index in [1.165, 1.54) is 0 Å². The Balaban J connectivity index is 2.65. The predicted molar refractivity (Wildman–Crippen MR) is 80.8 cm³/mol. The zero-order valence-electron chi connectivity index (χ0n) is 12.6. The van der Waals surface area contributed by atoms with E-state index in [2.05, 4.69) is 29.4 Å². The maximum atomic E-state index is 12.0. The number of rotatable bonds is 6. The van der Waals surface area contributed by atoms with E-state index >= 15 is 0 Å². The van der Waals surface area contributed by atoms with Crippen molar-refractivity contribution < 1.29 is 4.79 Å². The molecular weight excluding hydrogens is 238 g/mol. The van der Waals surface area contributed by atoms with Gasteiger partial charge in [0.05, 0.1) is 0 Å². The van der Waals surface area contributed by atoms with Gasteiger partial charge < -0.3 is 15.5 Å². The SMILES string of the molecule is CCNc1ccc(C(=O)NCC(C)N(C)C)cc1C. The number of nitrogens with zero attached hydrogens (tertiary/aromatic N) is 1. The lowest BCUT2D eigenvalue weighted by Gasteiger charge is -2.20. The fourth-order valence-electron chi connectivity index (χ4n) is 1.72. The third kappa shape index (κ3) is 4.56. The number of benzene rings is 1. The van der Waals surface area contributed by atoms with Crippen molar-refractivity contribution in [3.8, 4) is 0 Å². The van der Waals surface area contributed by atoms with Gasteiger partial charge in [0.1, 0.15) is 0 Å². The summed E-state index contributed by atoms with van der Waals surface area (Å²) in [5, 5.41) is 6.23. The number of aryl methyl sites for hydroxylation is 1. The van der Waals surface area contributed by atoms with Gasteiger partial charge in [-0.1, -0.05) is 0 Å². The largest absolute Gasteiger partial charge is 0.385 e. The first kappa shape index (κ1) is 15.5. The molecule has 1 amide bonds. The second kappa shape index (κ2) is 7.14. The normalized spacial score (nSPS) is 12.3. The molecule has 4 heteroatoms. The summed E-state index contributed by atoms with van der Waals surface area (Å²) in [6.45, 7) is 7.69. The first-order chi connectivity index (χ1) is 8.95. The Hall–Kier alpha value is -1.55. The molecule has 0 aliphatic heterocycles. The van der Waals surface area contributed by atoms with Gasteiger partial charge in [-0.05, 0) is 58.6 Å². The molecule has 0 fully saturated rings. The lowest BCUT2D eigenvalue weighted by Crippen LogP contribution is -2.38. The van der Waals surface area contributed by atoms with Crippen molar-refractivity contribution in [1.82, 2.24) is 10.2 Å². The number of hydrogen-bond acceptors (Lipinski definition) is 3. The highest BCUT2D eigenvalue weighted by molar-refractivity contribution is 5.94. The fraction of sp³-hybridized carbons (Fsp3) is 0.533. The second-order valence-corrected chi connectivity index (χ2v) is 5.08. The van der Waals surface area contributed by atoms with Crippen LogP contribution in [0.4, 0.5) is 5.69 Å². The highest BCUT2D eigenvalue weighted by Crippen LogP contribution is 2.16. The van der Waals surface area contributed by atoms with Crippen LogP contribution in [-0.2, 0) is 0 Å². The van der Waals surface area contributed by atoms with Gasteiger partial charge in [-0.2, -0.15) is 0 Å². The number of amides is 1. The van der Waals surface area contributed by atoms with Crippen molar-refractivity contribution in [2.24, 2.45) is 0 Å². The van der Waals surface area contributed by atoms with E-state index in [-0.39, 0.29) is 5.91 Å². The number of carbonyl (C=O) groups excluding carboxylic acids is 1. The van der Waals surface area contributed by atoms with E-state index in [1.54, 1.807) is 0 Å². The summed E-state index contributed by atoms with van der Waals surface area (Å²) in [6, 6.07) is 6.07. The molecule has 1 atom stereocenters. The molecule has 0 aromatic heterocycles. The third-order valence-corrected chi connectivity index (χ3v) is 3.30. The Kier molecular flexibility index (Phi) is 5.83. The molecule has 2 N–H and O–H groups in total. The average molecular weight is 263 g/mol.